The largest absolute Gasteiger partial charge is 0.379 e. The van der Waals surface area contributed by atoms with E-state index in [1.807, 2.05) is 0 Å². The van der Waals surface area contributed by atoms with E-state index in [1.165, 1.54) is 11.8 Å². The van der Waals surface area contributed by atoms with E-state index in [4.69, 9.17) is 16.9 Å². The van der Waals surface area contributed by atoms with E-state index >= 15 is 0 Å². The molecule has 0 saturated carbocycles. The summed E-state index contributed by atoms with van der Waals surface area (Å²) in [6.45, 7) is 0.761. The Morgan fingerprint density at radius 1 is 1.91 bits per heavy atom. The van der Waals surface area contributed by atoms with Gasteiger partial charge in [0.05, 0.1) is 6.54 Å². The van der Waals surface area contributed by atoms with Crippen molar-refractivity contribution < 1.29 is 0 Å². The fourth-order valence-electron chi connectivity index (χ4n) is 0.707. The predicted molar refractivity (Wildman–Crippen MR) is 52.2 cm³/mol. The van der Waals surface area contributed by atoms with Crippen molar-refractivity contribution in [2.45, 2.75) is 5.25 Å². The van der Waals surface area contributed by atoms with E-state index in [0.29, 0.717) is 10.4 Å². The van der Waals surface area contributed by atoms with Gasteiger partial charge in [0.15, 0.2) is 10.3 Å². The van der Waals surface area contributed by atoms with Gasteiger partial charge < -0.3 is 11.5 Å². The molecule has 0 radical (unpaired) electrons. The molecule has 4 nitrogen and oxygen atoms in total. The quantitative estimate of drug-likeness (QED) is 0.424. The Morgan fingerprint density at radius 2 is 2.64 bits per heavy atom. The summed E-state index contributed by atoms with van der Waals surface area (Å²) < 4.78 is 0. The van der Waals surface area contributed by atoms with Crippen molar-refractivity contribution in [1.29, 1.82) is 5.41 Å². The maximum atomic E-state index is 6.97. The Bertz CT molecular complexity index is 191. The summed E-state index contributed by atoms with van der Waals surface area (Å²) in [5.74, 6) is 0.824. The molecule has 0 bridgehead atoms. The zero-order valence-electron chi connectivity index (χ0n) is 5.91. The molecular weight excluding hydrogens is 180 g/mol. The van der Waals surface area contributed by atoms with Gasteiger partial charge >= 0.3 is 0 Å². The van der Waals surface area contributed by atoms with Crippen LogP contribution in [0.25, 0.3) is 0 Å². The Labute approximate surface area is 73.7 Å². The Kier molecular flexibility index (Phi) is 3.07. The highest BCUT2D eigenvalue weighted by Gasteiger charge is 2.17. The molecular formula is C5H10N4S2. The smallest absolute Gasteiger partial charge is 0.154 e. The van der Waals surface area contributed by atoms with E-state index in [9.17, 15) is 0 Å². The number of aliphatic imine (C=N–C) groups is 1. The number of hydrogen-bond acceptors (Lipinski definition) is 5. The van der Waals surface area contributed by atoms with Crippen LogP contribution in [-0.4, -0.2) is 27.9 Å². The summed E-state index contributed by atoms with van der Waals surface area (Å²) in [7, 11) is 0. The molecule has 1 rings (SSSR count). The van der Waals surface area contributed by atoms with E-state index in [1.54, 1.807) is 11.8 Å². The number of amidine groups is 2. The number of nitrogens with one attached hydrogen (secondary N) is 1. The van der Waals surface area contributed by atoms with Crippen LogP contribution in [0.4, 0.5) is 0 Å². The molecule has 0 fully saturated rings. The third-order valence-electron chi connectivity index (χ3n) is 1.16. The first kappa shape index (κ1) is 8.73. The average molecular weight is 190 g/mol. The second kappa shape index (κ2) is 3.87. The number of hydrogen-bond donors (Lipinski definition) is 3. The van der Waals surface area contributed by atoms with Crippen molar-refractivity contribution in [2.24, 2.45) is 16.5 Å². The predicted octanol–water partition coefficient (Wildman–Crippen LogP) is 0.0432. The summed E-state index contributed by atoms with van der Waals surface area (Å²) in [5.41, 5.74) is 10.6. The molecule has 0 amide bonds. The van der Waals surface area contributed by atoms with Crippen LogP contribution in [0.1, 0.15) is 0 Å². The summed E-state index contributed by atoms with van der Waals surface area (Å²) in [6, 6.07) is 0. The van der Waals surface area contributed by atoms with Gasteiger partial charge in [0.25, 0.3) is 0 Å². The van der Waals surface area contributed by atoms with Crippen molar-refractivity contribution >= 4 is 33.9 Å². The van der Waals surface area contributed by atoms with Crippen LogP contribution < -0.4 is 11.5 Å². The Hall–Kier alpha value is -0.360. The van der Waals surface area contributed by atoms with E-state index < -0.39 is 0 Å². The van der Waals surface area contributed by atoms with Gasteiger partial charge in [-0.3, -0.25) is 10.4 Å². The van der Waals surface area contributed by atoms with Gasteiger partial charge in [-0.15, -0.1) is 0 Å². The van der Waals surface area contributed by atoms with Crippen molar-refractivity contribution in [2.75, 3.05) is 12.3 Å². The summed E-state index contributed by atoms with van der Waals surface area (Å²) in [6.07, 6.45) is 0. The van der Waals surface area contributed by atoms with Crippen LogP contribution in [-0.2, 0) is 0 Å². The van der Waals surface area contributed by atoms with Crippen LogP contribution in [0.5, 0.6) is 0 Å². The topological polar surface area (TPSA) is 88.2 Å². The monoisotopic (exact) mass is 190 g/mol. The standard InChI is InChI=1S/C5H10N4S2/c6-4(7)10-2-3-1-9-5(8)11-3/h3H,1-2H2,(H3,6,7)(H2,8,9)/t3-/m0/s1. The van der Waals surface area contributed by atoms with E-state index in [2.05, 4.69) is 4.99 Å². The van der Waals surface area contributed by atoms with Crippen LogP contribution in [0.2, 0.25) is 0 Å². The van der Waals surface area contributed by atoms with Crippen LogP contribution in [0.3, 0.4) is 0 Å². The molecule has 62 valence electrons. The third kappa shape index (κ3) is 3.02. The lowest BCUT2D eigenvalue weighted by Gasteiger charge is -2.04. The summed E-state index contributed by atoms with van der Waals surface area (Å²) in [4.78, 5) is 4.03. The second-order valence-electron chi connectivity index (χ2n) is 2.09. The maximum Gasteiger partial charge on any atom is 0.154 e. The van der Waals surface area contributed by atoms with E-state index in [0.717, 1.165) is 12.3 Å². The highest BCUT2D eigenvalue weighted by Crippen LogP contribution is 2.21. The molecule has 5 N–H and O–H groups in total. The lowest BCUT2D eigenvalue weighted by atomic mass is 10.5. The highest BCUT2D eigenvalue weighted by molar-refractivity contribution is 8.17. The Morgan fingerprint density at radius 3 is 3.09 bits per heavy atom. The lowest BCUT2D eigenvalue weighted by molar-refractivity contribution is 0.988. The maximum absolute atomic E-state index is 6.97. The zero-order valence-corrected chi connectivity index (χ0v) is 7.54. The van der Waals surface area contributed by atoms with Crippen LogP contribution in [0, 0.1) is 5.41 Å². The number of thioether (sulfide) groups is 2. The van der Waals surface area contributed by atoms with Crippen molar-refractivity contribution in [3.63, 3.8) is 0 Å². The molecule has 0 aromatic heterocycles. The molecule has 6 heteroatoms. The molecule has 0 aromatic carbocycles. The first-order valence-corrected chi connectivity index (χ1v) is 4.98. The van der Waals surface area contributed by atoms with Gasteiger partial charge in [-0.05, 0) is 0 Å². The lowest BCUT2D eigenvalue weighted by Crippen LogP contribution is -2.13. The zero-order chi connectivity index (χ0) is 8.27. The summed E-state index contributed by atoms with van der Waals surface area (Å²) in [5, 5.41) is 8.19. The van der Waals surface area contributed by atoms with Gasteiger partial charge in [-0.2, -0.15) is 0 Å². The van der Waals surface area contributed by atoms with Gasteiger partial charge in [0.1, 0.15) is 0 Å². The van der Waals surface area contributed by atoms with Crippen molar-refractivity contribution in [3.8, 4) is 0 Å². The Balaban J connectivity index is 2.16. The highest BCUT2D eigenvalue weighted by atomic mass is 32.2. The molecule has 1 aliphatic rings. The van der Waals surface area contributed by atoms with Crippen LogP contribution >= 0.6 is 23.5 Å². The second-order valence-corrected chi connectivity index (χ2v) is 4.48. The average Bonchev–Trinajstić information content (AvgIpc) is 2.31. The minimum absolute atomic E-state index is 0.163. The molecule has 1 atom stereocenters. The third-order valence-corrected chi connectivity index (χ3v) is 3.27. The minimum atomic E-state index is 0.163. The molecule has 0 saturated heterocycles. The fraction of sp³-hybridized carbons (Fsp3) is 0.600. The van der Waals surface area contributed by atoms with Gasteiger partial charge in [-0.1, -0.05) is 23.5 Å². The van der Waals surface area contributed by atoms with Crippen LogP contribution in [0.15, 0.2) is 4.99 Å². The van der Waals surface area contributed by atoms with Gasteiger partial charge in [0, 0.05) is 11.0 Å². The van der Waals surface area contributed by atoms with Gasteiger partial charge in [0.2, 0.25) is 0 Å². The fourth-order valence-corrected chi connectivity index (χ4v) is 2.29. The number of rotatable bonds is 2. The summed E-state index contributed by atoms with van der Waals surface area (Å²) >= 11 is 2.90. The number of nitrogens with two attached hydrogens (primary N) is 2. The molecule has 0 spiro atoms. The minimum Gasteiger partial charge on any atom is -0.379 e. The molecule has 0 aromatic rings. The van der Waals surface area contributed by atoms with Crippen molar-refractivity contribution in [1.82, 2.24) is 0 Å². The first-order chi connectivity index (χ1) is 5.18. The van der Waals surface area contributed by atoms with Crippen molar-refractivity contribution in [3.05, 3.63) is 0 Å². The number of nitrogens with zero attached hydrogens (tertiary/aromatic N) is 1. The SMILES string of the molecule is N=C(N)SC[C@@H]1CN=C(N)S1. The first-order valence-electron chi connectivity index (χ1n) is 3.12. The van der Waals surface area contributed by atoms with Gasteiger partial charge in [-0.25, -0.2) is 0 Å². The molecule has 0 unspecified atom stereocenters. The molecule has 1 heterocycles. The molecule has 0 aliphatic carbocycles. The van der Waals surface area contributed by atoms with E-state index in [-0.39, 0.29) is 5.17 Å². The molecule has 11 heavy (non-hydrogen) atoms. The molecule has 1 aliphatic heterocycles. The normalized spacial score (nSPS) is 23.3.